The number of urea groups is 1. The third-order valence-corrected chi connectivity index (χ3v) is 5.43. The zero-order valence-electron chi connectivity index (χ0n) is 17.6. The highest BCUT2D eigenvalue weighted by atomic mass is 16.5. The number of amides is 2. The molecule has 2 N–H and O–H groups in total. The van der Waals surface area contributed by atoms with Crippen molar-refractivity contribution in [3.8, 4) is 17.1 Å². The first-order chi connectivity index (χ1) is 15.2. The second-order valence-corrected chi connectivity index (χ2v) is 7.56. The Morgan fingerprint density at radius 3 is 2.74 bits per heavy atom. The van der Waals surface area contributed by atoms with E-state index in [9.17, 15) is 4.79 Å². The van der Waals surface area contributed by atoms with Gasteiger partial charge in [-0.25, -0.2) is 4.79 Å². The number of nitrogens with one attached hydrogen (secondary N) is 2. The van der Waals surface area contributed by atoms with Gasteiger partial charge < -0.3 is 19.9 Å². The molecule has 2 aromatic carbocycles. The number of anilines is 1. The number of nitrogens with zero attached hydrogens (tertiary/aromatic N) is 3. The molecule has 1 fully saturated rings. The molecular formula is C23H27N5O3. The molecule has 1 aliphatic rings. The first kappa shape index (κ1) is 20.9. The number of carbonyl (C=O) groups excluding carboxylic acids is 1. The molecule has 0 unspecified atom stereocenters. The van der Waals surface area contributed by atoms with E-state index in [4.69, 9.17) is 9.26 Å². The predicted octanol–water partition coefficient (Wildman–Crippen LogP) is 3.92. The van der Waals surface area contributed by atoms with E-state index in [-0.39, 0.29) is 12.1 Å². The number of hydrogen-bond donors (Lipinski definition) is 2. The lowest BCUT2D eigenvalue weighted by atomic mass is 10.0. The summed E-state index contributed by atoms with van der Waals surface area (Å²) in [6.45, 7) is 2.07. The van der Waals surface area contributed by atoms with Crippen molar-refractivity contribution < 1.29 is 14.1 Å². The maximum atomic E-state index is 12.2. The van der Waals surface area contributed by atoms with E-state index in [1.807, 2.05) is 54.6 Å². The Balaban J connectivity index is 1.33. The normalized spacial score (nSPS) is 16.6. The molecule has 2 amide bonds. The quantitative estimate of drug-likeness (QED) is 0.601. The van der Waals surface area contributed by atoms with E-state index in [1.54, 1.807) is 7.11 Å². The van der Waals surface area contributed by atoms with Crippen molar-refractivity contribution in [3.05, 3.63) is 60.5 Å². The second kappa shape index (κ2) is 10.1. The van der Waals surface area contributed by atoms with Gasteiger partial charge in [-0.1, -0.05) is 29.8 Å². The van der Waals surface area contributed by atoms with Gasteiger partial charge in [-0.15, -0.1) is 0 Å². The molecule has 0 saturated carbocycles. The van der Waals surface area contributed by atoms with Crippen molar-refractivity contribution in [2.75, 3.05) is 25.5 Å². The van der Waals surface area contributed by atoms with E-state index >= 15 is 0 Å². The number of methoxy groups -OCH3 is 1. The van der Waals surface area contributed by atoms with Gasteiger partial charge in [0.25, 0.3) is 0 Å². The summed E-state index contributed by atoms with van der Waals surface area (Å²) in [5.74, 6) is 1.92. The van der Waals surface area contributed by atoms with E-state index in [0.717, 1.165) is 42.8 Å². The lowest BCUT2D eigenvalue weighted by Crippen LogP contribution is -2.47. The lowest BCUT2D eigenvalue weighted by molar-refractivity contribution is 0.123. The third-order valence-electron chi connectivity index (χ3n) is 5.43. The fraction of sp³-hybridized carbons (Fsp3) is 0.348. The van der Waals surface area contributed by atoms with Gasteiger partial charge in [0.15, 0.2) is 0 Å². The highest BCUT2D eigenvalue weighted by molar-refractivity contribution is 5.89. The second-order valence-electron chi connectivity index (χ2n) is 7.56. The van der Waals surface area contributed by atoms with Crippen LogP contribution in [0.5, 0.6) is 5.75 Å². The summed E-state index contributed by atoms with van der Waals surface area (Å²) in [7, 11) is 1.64. The van der Waals surface area contributed by atoms with Gasteiger partial charge in [-0.05, 0) is 55.8 Å². The van der Waals surface area contributed by atoms with Gasteiger partial charge >= 0.3 is 6.03 Å². The van der Waals surface area contributed by atoms with Crippen molar-refractivity contribution in [2.45, 2.75) is 31.8 Å². The van der Waals surface area contributed by atoms with Crippen molar-refractivity contribution in [2.24, 2.45) is 0 Å². The molecule has 3 aromatic rings. The van der Waals surface area contributed by atoms with Gasteiger partial charge in [-0.2, -0.15) is 4.98 Å². The molecule has 1 aromatic heterocycles. The van der Waals surface area contributed by atoms with Crippen LogP contribution in [-0.2, 0) is 6.54 Å². The summed E-state index contributed by atoms with van der Waals surface area (Å²) in [5.41, 5.74) is 1.66. The number of likely N-dealkylation sites (tertiary alicyclic amines) is 1. The van der Waals surface area contributed by atoms with Crippen molar-refractivity contribution in [3.63, 3.8) is 0 Å². The van der Waals surface area contributed by atoms with E-state index in [0.29, 0.717) is 24.8 Å². The maximum absolute atomic E-state index is 12.2. The Hall–Kier alpha value is -3.39. The van der Waals surface area contributed by atoms with Crippen LogP contribution in [0.15, 0.2) is 59.1 Å². The van der Waals surface area contributed by atoms with E-state index in [2.05, 4.69) is 25.7 Å². The number of carbonyl (C=O) groups is 1. The van der Waals surface area contributed by atoms with Crippen LogP contribution in [0.4, 0.5) is 10.5 Å². The largest absolute Gasteiger partial charge is 0.497 e. The van der Waals surface area contributed by atoms with Crippen molar-refractivity contribution in [1.29, 1.82) is 0 Å². The Morgan fingerprint density at radius 1 is 1.16 bits per heavy atom. The molecule has 2 heterocycles. The number of benzene rings is 2. The fourth-order valence-electron chi connectivity index (χ4n) is 3.76. The minimum absolute atomic E-state index is 0.198. The Morgan fingerprint density at radius 2 is 1.97 bits per heavy atom. The Bertz CT molecular complexity index is 974. The van der Waals surface area contributed by atoms with Crippen LogP contribution in [0.3, 0.4) is 0 Å². The van der Waals surface area contributed by atoms with E-state index < -0.39 is 0 Å². The highest BCUT2D eigenvalue weighted by Crippen LogP contribution is 2.22. The first-order valence-electron chi connectivity index (χ1n) is 10.5. The average Bonchev–Trinajstić information content (AvgIpc) is 3.28. The average molecular weight is 422 g/mol. The summed E-state index contributed by atoms with van der Waals surface area (Å²) >= 11 is 0. The van der Waals surface area contributed by atoms with Crippen molar-refractivity contribution in [1.82, 2.24) is 20.4 Å². The van der Waals surface area contributed by atoms with E-state index in [1.165, 1.54) is 0 Å². The molecule has 1 aliphatic heterocycles. The summed E-state index contributed by atoms with van der Waals surface area (Å²) in [4.78, 5) is 19.1. The molecule has 0 spiro atoms. The van der Waals surface area contributed by atoms with Crippen LogP contribution < -0.4 is 15.4 Å². The van der Waals surface area contributed by atoms with Gasteiger partial charge in [-0.3, -0.25) is 4.90 Å². The van der Waals surface area contributed by atoms with Crippen LogP contribution in [0, 0.1) is 0 Å². The Kier molecular flexibility index (Phi) is 6.78. The number of piperidine rings is 1. The molecule has 1 saturated heterocycles. The smallest absolute Gasteiger partial charge is 0.319 e. The summed E-state index contributed by atoms with van der Waals surface area (Å²) < 4.78 is 10.7. The molecule has 8 nitrogen and oxygen atoms in total. The number of para-hydroxylation sites is 1. The fourth-order valence-corrected chi connectivity index (χ4v) is 3.76. The highest BCUT2D eigenvalue weighted by Gasteiger charge is 2.25. The molecule has 8 heteroatoms. The monoisotopic (exact) mass is 421 g/mol. The van der Waals surface area contributed by atoms with Crippen LogP contribution in [0.2, 0.25) is 0 Å². The minimum Gasteiger partial charge on any atom is -0.497 e. The SMILES string of the molecule is COc1ccc(-c2noc(CN3CCCC[C@H]3CNC(=O)Nc3ccccc3)n2)cc1. The van der Waals surface area contributed by atoms with Crippen LogP contribution >= 0.6 is 0 Å². The molecular weight excluding hydrogens is 394 g/mol. The van der Waals surface area contributed by atoms with Crippen LogP contribution in [0.25, 0.3) is 11.4 Å². The number of aromatic nitrogens is 2. The topological polar surface area (TPSA) is 92.5 Å². The number of hydrogen-bond acceptors (Lipinski definition) is 6. The third kappa shape index (κ3) is 5.61. The Labute approximate surface area is 181 Å². The number of ether oxygens (including phenoxy) is 1. The first-order valence-corrected chi connectivity index (χ1v) is 10.5. The lowest BCUT2D eigenvalue weighted by Gasteiger charge is -2.34. The molecule has 0 radical (unpaired) electrons. The minimum atomic E-state index is -0.198. The van der Waals surface area contributed by atoms with Gasteiger partial charge in [0.1, 0.15) is 5.75 Å². The summed E-state index contributed by atoms with van der Waals surface area (Å²) in [6.07, 6.45) is 3.28. The van der Waals surface area contributed by atoms with Crippen LogP contribution in [0.1, 0.15) is 25.2 Å². The molecule has 1 atom stereocenters. The van der Waals surface area contributed by atoms with Crippen LogP contribution in [-0.4, -0.2) is 47.3 Å². The van der Waals surface area contributed by atoms with Crippen molar-refractivity contribution >= 4 is 11.7 Å². The zero-order valence-corrected chi connectivity index (χ0v) is 17.6. The maximum Gasteiger partial charge on any atom is 0.319 e. The molecule has 31 heavy (non-hydrogen) atoms. The van der Waals surface area contributed by atoms with Gasteiger partial charge in [0.05, 0.1) is 13.7 Å². The van der Waals surface area contributed by atoms with Gasteiger partial charge in [0.2, 0.25) is 11.7 Å². The molecule has 0 aliphatic carbocycles. The predicted molar refractivity (Wildman–Crippen MR) is 118 cm³/mol. The summed E-state index contributed by atoms with van der Waals surface area (Å²) in [6, 6.07) is 17.0. The standard InChI is InChI=1S/C23H27N5O3/c1-30-20-12-10-17(11-13-20)22-26-21(31-27-22)16-28-14-6-5-9-19(28)15-24-23(29)25-18-7-3-2-4-8-18/h2-4,7-8,10-13,19H,5-6,9,14-16H2,1H3,(H2,24,25,29)/t19-/m0/s1. The number of rotatable bonds is 7. The molecule has 0 bridgehead atoms. The molecule has 162 valence electrons. The summed E-state index contributed by atoms with van der Waals surface area (Å²) in [5, 5.41) is 9.97. The molecule has 4 rings (SSSR count). The zero-order chi connectivity index (χ0) is 21.5. The van der Waals surface area contributed by atoms with Gasteiger partial charge in [0, 0.05) is 23.8 Å².